The zero-order valence-corrected chi connectivity index (χ0v) is 15.2. The highest BCUT2D eigenvalue weighted by Crippen LogP contribution is 2.19. The van der Waals surface area contributed by atoms with Crippen LogP contribution in [0.2, 0.25) is 0 Å². The summed E-state index contributed by atoms with van der Waals surface area (Å²) in [4.78, 5) is 11.7. The zero-order valence-electron chi connectivity index (χ0n) is 14.4. The van der Waals surface area contributed by atoms with E-state index < -0.39 is 9.84 Å². The standard InChI is InChI=1S/C18H23N3O3S/c1-3-14-8-5-6-11-17(14)20-13-25(23,24)16-10-7-9-15(12-16)21-18(22)19-4-2/h5-12,20H,3-4,13H2,1-2H3,(H2,19,21,22). The minimum Gasteiger partial charge on any atom is -0.371 e. The average molecular weight is 361 g/mol. The first-order valence-corrected chi connectivity index (χ1v) is 9.81. The zero-order chi connectivity index (χ0) is 18.3. The minimum atomic E-state index is -3.54. The molecule has 2 amide bonds. The third kappa shape index (κ3) is 5.22. The second kappa shape index (κ2) is 8.53. The molecule has 0 atom stereocenters. The average Bonchev–Trinajstić information content (AvgIpc) is 2.60. The molecule has 2 rings (SSSR count). The second-order valence-corrected chi connectivity index (χ2v) is 7.45. The lowest BCUT2D eigenvalue weighted by molar-refractivity contribution is 0.252. The van der Waals surface area contributed by atoms with Crippen molar-refractivity contribution in [1.29, 1.82) is 0 Å². The fourth-order valence-electron chi connectivity index (χ4n) is 2.36. The van der Waals surface area contributed by atoms with Gasteiger partial charge in [-0.3, -0.25) is 0 Å². The summed E-state index contributed by atoms with van der Waals surface area (Å²) in [6, 6.07) is 13.5. The Hall–Kier alpha value is -2.54. The van der Waals surface area contributed by atoms with Crippen LogP contribution in [0.4, 0.5) is 16.2 Å². The number of hydrogen-bond donors (Lipinski definition) is 3. The number of nitrogens with one attached hydrogen (secondary N) is 3. The van der Waals surface area contributed by atoms with E-state index in [9.17, 15) is 13.2 Å². The monoisotopic (exact) mass is 361 g/mol. The normalized spacial score (nSPS) is 11.0. The van der Waals surface area contributed by atoms with Crippen LogP contribution in [0.15, 0.2) is 53.4 Å². The number of para-hydroxylation sites is 1. The summed E-state index contributed by atoms with van der Waals surface area (Å²) in [5.74, 6) is -0.214. The van der Waals surface area contributed by atoms with Gasteiger partial charge in [-0.25, -0.2) is 13.2 Å². The van der Waals surface area contributed by atoms with Crippen molar-refractivity contribution in [2.24, 2.45) is 0 Å². The number of carbonyl (C=O) groups is 1. The van der Waals surface area contributed by atoms with Gasteiger partial charge in [-0.2, -0.15) is 0 Å². The molecule has 2 aromatic rings. The highest BCUT2D eigenvalue weighted by Gasteiger charge is 2.15. The van der Waals surface area contributed by atoms with Gasteiger partial charge in [-0.15, -0.1) is 0 Å². The van der Waals surface area contributed by atoms with Crippen molar-refractivity contribution in [2.75, 3.05) is 23.1 Å². The maximum absolute atomic E-state index is 12.6. The van der Waals surface area contributed by atoms with Gasteiger partial charge in [0, 0.05) is 17.9 Å². The molecule has 0 saturated heterocycles. The van der Waals surface area contributed by atoms with Crippen LogP contribution >= 0.6 is 0 Å². The van der Waals surface area contributed by atoms with Crippen LogP contribution in [0.25, 0.3) is 0 Å². The van der Waals surface area contributed by atoms with Gasteiger partial charge in [-0.05, 0) is 43.2 Å². The number of urea groups is 1. The Morgan fingerprint density at radius 3 is 2.52 bits per heavy atom. The molecule has 0 heterocycles. The van der Waals surface area contributed by atoms with Gasteiger partial charge >= 0.3 is 6.03 Å². The molecule has 0 unspecified atom stereocenters. The van der Waals surface area contributed by atoms with E-state index in [1.54, 1.807) is 19.1 Å². The van der Waals surface area contributed by atoms with Gasteiger partial charge in [0.05, 0.1) is 4.90 Å². The molecule has 134 valence electrons. The number of anilines is 2. The molecular weight excluding hydrogens is 338 g/mol. The fraction of sp³-hybridized carbons (Fsp3) is 0.278. The first-order valence-electron chi connectivity index (χ1n) is 8.15. The Morgan fingerprint density at radius 1 is 1.04 bits per heavy atom. The number of amides is 2. The van der Waals surface area contributed by atoms with Crippen molar-refractivity contribution < 1.29 is 13.2 Å². The Bertz CT molecular complexity index is 835. The maximum atomic E-state index is 12.6. The number of rotatable bonds is 7. The Labute approximate surface area is 148 Å². The van der Waals surface area contributed by atoms with Crippen molar-refractivity contribution >= 4 is 27.2 Å². The van der Waals surface area contributed by atoms with E-state index in [0.29, 0.717) is 12.2 Å². The van der Waals surface area contributed by atoms with Gasteiger partial charge < -0.3 is 16.0 Å². The predicted octanol–water partition coefficient (Wildman–Crippen LogP) is 3.23. The van der Waals surface area contributed by atoms with Crippen LogP contribution in [-0.4, -0.2) is 26.9 Å². The van der Waals surface area contributed by atoms with Crippen LogP contribution < -0.4 is 16.0 Å². The van der Waals surface area contributed by atoms with Crippen LogP contribution in [-0.2, 0) is 16.3 Å². The topological polar surface area (TPSA) is 87.3 Å². The fourth-order valence-corrected chi connectivity index (χ4v) is 3.46. The molecule has 0 fully saturated rings. The summed E-state index contributed by atoms with van der Waals surface area (Å²) in [5.41, 5.74) is 2.30. The van der Waals surface area contributed by atoms with Crippen molar-refractivity contribution in [3.8, 4) is 0 Å². The number of hydrogen-bond acceptors (Lipinski definition) is 4. The minimum absolute atomic E-state index is 0.156. The highest BCUT2D eigenvalue weighted by atomic mass is 32.2. The van der Waals surface area contributed by atoms with E-state index in [4.69, 9.17) is 0 Å². The molecule has 0 bridgehead atoms. The lowest BCUT2D eigenvalue weighted by Crippen LogP contribution is -2.28. The van der Waals surface area contributed by atoms with E-state index in [0.717, 1.165) is 17.7 Å². The van der Waals surface area contributed by atoms with Crippen LogP contribution in [0.1, 0.15) is 19.4 Å². The summed E-state index contributed by atoms with van der Waals surface area (Å²) >= 11 is 0. The summed E-state index contributed by atoms with van der Waals surface area (Å²) in [5, 5.41) is 8.21. The Morgan fingerprint density at radius 2 is 1.80 bits per heavy atom. The lowest BCUT2D eigenvalue weighted by Gasteiger charge is -2.12. The van der Waals surface area contributed by atoms with Crippen LogP contribution in [0.3, 0.4) is 0 Å². The molecule has 2 aromatic carbocycles. The number of benzene rings is 2. The van der Waals surface area contributed by atoms with Crippen LogP contribution in [0, 0.1) is 0 Å². The van der Waals surface area contributed by atoms with Crippen LogP contribution in [0.5, 0.6) is 0 Å². The van der Waals surface area contributed by atoms with Gasteiger partial charge in [0.15, 0.2) is 9.84 Å². The number of carbonyl (C=O) groups excluding carboxylic acids is 1. The third-order valence-corrected chi connectivity index (χ3v) is 5.14. The SMILES string of the molecule is CCNC(=O)Nc1cccc(S(=O)(=O)CNc2ccccc2CC)c1. The van der Waals surface area contributed by atoms with E-state index in [1.807, 2.05) is 31.2 Å². The summed E-state index contributed by atoms with van der Waals surface area (Å²) < 4.78 is 25.2. The highest BCUT2D eigenvalue weighted by molar-refractivity contribution is 7.91. The van der Waals surface area contributed by atoms with Gasteiger partial charge in [0.25, 0.3) is 0 Å². The molecular formula is C18H23N3O3S. The van der Waals surface area contributed by atoms with E-state index in [1.165, 1.54) is 12.1 Å². The first-order chi connectivity index (χ1) is 12.0. The quantitative estimate of drug-likeness (QED) is 0.706. The predicted molar refractivity (Wildman–Crippen MR) is 101 cm³/mol. The van der Waals surface area contributed by atoms with Crippen molar-refractivity contribution in [3.63, 3.8) is 0 Å². The molecule has 7 heteroatoms. The first kappa shape index (κ1) is 18.8. The molecule has 3 N–H and O–H groups in total. The molecule has 0 aliphatic heterocycles. The number of aryl methyl sites for hydroxylation is 1. The second-order valence-electron chi connectivity index (χ2n) is 5.46. The largest absolute Gasteiger partial charge is 0.371 e. The van der Waals surface area contributed by atoms with Crippen molar-refractivity contribution in [1.82, 2.24) is 5.32 Å². The van der Waals surface area contributed by atoms with E-state index >= 15 is 0 Å². The van der Waals surface area contributed by atoms with E-state index in [-0.39, 0.29) is 16.8 Å². The smallest absolute Gasteiger partial charge is 0.319 e. The summed E-state index contributed by atoms with van der Waals surface area (Å²) in [7, 11) is -3.54. The number of sulfone groups is 1. The summed E-state index contributed by atoms with van der Waals surface area (Å²) in [6.07, 6.45) is 0.815. The molecule has 6 nitrogen and oxygen atoms in total. The molecule has 25 heavy (non-hydrogen) atoms. The van der Waals surface area contributed by atoms with Crippen molar-refractivity contribution in [3.05, 3.63) is 54.1 Å². The summed E-state index contributed by atoms with van der Waals surface area (Å²) in [6.45, 7) is 4.32. The van der Waals surface area contributed by atoms with Crippen molar-refractivity contribution in [2.45, 2.75) is 25.2 Å². The maximum Gasteiger partial charge on any atom is 0.319 e. The van der Waals surface area contributed by atoms with Gasteiger partial charge in [-0.1, -0.05) is 31.2 Å². The third-order valence-electron chi connectivity index (χ3n) is 3.64. The molecule has 0 aliphatic rings. The van der Waals surface area contributed by atoms with E-state index in [2.05, 4.69) is 16.0 Å². The molecule has 0 spiro atoms. The lowest BCUT2D eigenvalue weighted by atomic mass is 10.1. The Kier molecular flexibility index (Phi) is 6.41. The molecule has 0 aromatic heterocycles. The molecule has 0 saturated carbocycles. The molecule has 0 radical (unpaired) electrons. The molecule has 0 aliphatic carbocycles. The van der Waals surface area contributed by atoms with Gasteiger partial charge in [0.2, 0.25) is 0 Å². The van der Waals surface area contributed by atoms with Gasteiger partial charge in [0.1, 0.15) is 5.88 Å². The Balaban J connectivity index is 2.12.